The molecule has 3 aromatic heterocycles. The summed E-state index contributed by atoms with van der Waals surface area (Å²) in [6.45, 7) is 11.2. The predicted octanol–water partition coefficient (Wildman–Crippen LogP) is 4.51. The van der Waals surface area contributed by atoms with Gasteiger partial charge in [-0.15, -0.1) is 0 Å². The summed E-state index contributed by atoms with van der Waals surface area (Å²) in [4.78, 5) is 22.7. The Kier molecular flexibility index (Phi) is 8.86. The van der Waals surface area contributed by atoms with E-state index in [2.05, 4.69) is 42.9 Å². The minimum Gasteiger partial charge on any atom is -0.474 e. The molecule has 35 heavy (non-hydrogen) atoms. The van der Waals surface area contributed by atoms with Crippen molar-refractivity contribution < 1.29 is 19.0 Å². The van der Waals surface area contributed by atoms with Crippen molar-refractivity contribution in [2.75, 3.05) is 34.5 Å². The second kappa shape index (κ2) is 11.6. The number of hydrogen-bond acceptors (Lipinski definition) is 6. The van der Waals surface area contributed by atoms with E-state index >= 15 is 0 Å². The maximum atomic E-state index is 12.7. The molecule has 0 aliphatic carbocycles. The van der Waals surface area contributed by atoms with Crippen LogP contribution in [0.3, 0.4) is 0 Å². The Balaban J connectivity index is 2.27. The van der Waals surface area contributed by atoms with Crippen molar-refractivity contribution in [3.8, 4) is 17.1 Å². The lowest BCUT2D eigenvalue weighted by Crippen LogP contribution is -2.21. The van der Waals surface area contributed by atoms with Crippen LogP contribution in [0, 0.1) is 6.92 Å². The first-order chi connectivity index (χ1) is 16.8. The van der Waals surface area contributed by atoms with Crippen molar-refractivity contribution in [3.63, 3.8) is 0 Å². The van der Waals surface area contributed by atoms with E-state index in [0.29, 0.717) is 31.1 Å². The van der Waals surface area contributed by atoms with Gasteiger partial charge in [-0.05, 0) is 56.9 Å². The van der Waals surface area contributed by atoms with E-state index in [0.717, 1.165) is 45.5 Å². The van der Waals surface area contributed by atoms with Gasteiger partial charge in [0.2, 0.25) is 5.88 Å². The zero-order chi connectivity index (χ0) is 25.7. The SMILES string of the molecule is CCc1cc2c(nc1-c1cc(C(=O)NC)c(OC(C)C)nc1CC)c(C)cn2C(COC)COC. The molecule has 0 unspecified atom stereocenters. The molecule has 8 nitrogen and oxygen atoms in total. The van der Waals surface area contributed by atoms with Crippen LogP contribution in [0.25, 0.3) is 22.3 Å². The molecule has 3 rings (SSSR count). The number of fused-ring (bicyclic) bond motifs is 1. The van der Waals surface area contributed by atoms with E-state index in [4.69, 9.17) is 24.2 Å². The highest BCUT2D eigenvalue weighted by Gasteiger charge is 2.23. The van der Waals surface area contributed by atoms with Gasteiger partial charge in [-0.1, -0.05) is 13.8 Å². The smallest absolute Gasteiger partial charge is 0.256 e. The summed E-state index contributed by atoms with van der Waals surface area (Å²) >= 11 is 0. The number of nitrogens with one attached hydrogen (secondary N) is 1. The Morgan fingerprint density at radius 2 is 1.77 bits per heavy atom. The van der Waals surface area contributed by atoms with Crippen molar-refractivity contribution in [2.24, 2.45) is 0 Å². The van der Waals surface area contributed by atoms with Crippen LogP contribution in [0.1, 0.15) is 60.9 Å². The molecule has 0 saturated heterocycles. The zero-order valence-corrected chi connectivity index (χ0v) is 22.2. The number of aryl methyl sites for hydroxylation is 3. The van der Waals surface area contributed by atoms with Crippen LogP contribution in [-0.2, 0) is 22.3 Å². The highest BCUT2D eigenvalue weighted by atomic mass is 16.5. The summed E-state index contributed by atoms with van der Waals surface area (Å²) in [6.07, 6.45) is 3.48. The topological polar surface area (TPSA) is 87.5 Å². The molecule has 190 valence electrons. The van der Waals surface area contributed by atoms with Gasteiger partial charge in [-0.2, -0.15) is 0 Å². The van der Waals surface area contributed by atoms with Gasteiger partial charge in [-0.3, -0.25) is 4.79 Å². The fourth-order valence-corrected chi connectivity index (χ4v) is 4.38. The van der Waals surface area contributed by atoms with Gasteiger partial charge in [-0.25, -0.2) is 9.97 Å². The average molecular weight is 483 g/mol. The average Bonchev–Trinajstić information content (AvgIpc) is 3.17. The molecule has 3 aromatic rings. The van der Waals surface area contributed by atoms with Crippen LogP contribution in [0.4, 0.5) is 0 Å². The number of ether oxygens (including phenoxy) is 3. The molecular weight excluding hydrogens is 444 g/mol. The Morgan fingerprint density at radius 1 is 1.09 bits per heavy atom. The van der Waals surface area contributed by atoms with Gasteiger partial charge < -0.3 is 24.1 Å². The summed E-state index contributed by atoms with van der Waals surface area (Å²) in [5, 5.41) is 2.71. The number of methoxy groups -OCH3 is 2. The minimum atomic E-state index is -0.236. The largest absolute Gasteiger partial charge is 0.474 e. The van der Waals surface area contributed by atoms with Gasteiger partial charge in [0.25, 0.3) is 5.91 Å². The molecule has 1 N–H and O–H groups in total. The molecule has 0 fully saturated rings. The Hall–Kier alpha value is -2.97. The van der Waals surface area contributed by atoms with E-state index in [1.807, 2.05) is 19.9 Å². The molecule has 8 heteroatoms. The van der Waals surface area contributed by atoms with Crippen molar-refractivity contribution in [1.29, 1.82) is 0 Å². The van der Waals surface area contributed by atoms with Crippen molar-refractivity contribution >= 4 is 16.9 Å². The molecule has 0 aliphatic rings. The molecular formula is C27H38N4O4. The summed E-state index contributed by atoms with van der Waals surface area (Å²) in [6, 6.07) is 4.11. The van der Waals surface area contributed by atoms with E-state index in [-0.39, 0.29) is 18.1 Å². The number of carbonyl (C=O) groups is 1. The highest BCUT2D eigenvalue weighted by Crippen LogP contribution is 2.34. The lowest BCUT2D eigenvalue weighted by Gasteiger charge is -2.20. The van der Waals surface area contributed by atoms with Crippen molar-refractivity contribution in [3.05, 3.63) is 40.7 Å². The predicted molar refractivity (Wildman–Crippen MR) is 138 cm³/mol. The number of carbonyl (C=O) groups excluding carboxylic acids is 1. The van der Waals surface area contributed by atoms with E-state index in [1.165, 1.54) is 0 Å². The van der Waals surface area contributed by atoms with Crippen molar-refractivity contribution in [1.82, 2.24) is 19.9 Å². The molecule has 0 spiro atoms. The lowest BCUT2D eigenvalue weighted by atomic mass is 9.98. The fraction of sp³-hybridized carbons (Fsp3) is 0.519. The molecule has 0 radical (unpaired) electrons. The molecule has 0 aliphatic heterocycles. The van der Waals surface area contributed by atoms with Gasteiger partial charge in [0.15, 0.2) is 0 Å². The lowest BCUT2D eigenvalue weighted by molar-refractivity contribution is 0.0913. The van der Waals surface area contributed by atoms with Gasteiger partial charge >= 0.3 is 0 Å². The van der Waals surface area contributed by atoms with Gasteiger partial charge in [0.05, 0.1) is 47.8 Å². The fourth-order valence-electron chi connectivity index (χ4n) is 4.38. The minimum absolute atomic E-state index is 0.0405. The van der Waals surface area contributed by atoms with Gasteiger partial charge in [0.1, 0.15) is 5.56 Å². The van der Waals surface area contributed by atoms with Crippen LogP contribution >= 0.6 is 0 Å². The number of amides is 1. The molecule has 0 atom stereocenters. The van der Waals surface area contributed by atoms with Crippen LogP contribution in [0.15, 0.2) is 18.3 Å². The molecule has 0 aromatic carbocycles. The third kappa shape index (κ3) is 5.49. The van der Waals surface area contributed by atoms with Gasteiger partial charge in [0, 0.05) is 33.0 Å². The number of rotatable bonds is 11. The second-order valence-electron chi connectivity index (χ2n) is 8.94. The zero-order valence-electron chi connectivity index (χ0n) is 22.2. The van der Waals surface area contributed by atoms with Crippen molar-refractivity contribution in [2.45, 2.75) is 59.6 Å². The quantitative estimate of drug-likeness (QED) is 0.433. The third-order valence-corrected chi connectivity index (χ3v) is 6.03. The summed E-state index contributed by atoms with van der Waals surface area (Å²) in [5.41, 5.74) is 7.08. The molecule has 0 saturated carbocycles. The first kappa shape index (κ1) is 26.6. The number of pyridine rings is 2. The number of nitrogens with zero attached hydrogens (tertiary/aromatic N) is 3. The van der Waals surface area contributed by atoms with Crippen LogP contribution < -0.4 is 10.1 Å². The maximum Gasteiger partial charge on any atom is 0.256 e. The number of hydrogen-bond donors (Lipinski definition) is 1. The van der Waals surface area contributed by atoms with Crippen LogP contribution in [0.2, 0.25) is 0 Å². The monoisotopic (exact) mass is 482 g/mol. The van der Waals surface area contributed by atoms with Crippen LogP contribution in [0.5, 0.6) is 5.88 Å². The summed E-state index contributed by atoms with van der Waals surface area (Å²) in [7, 11) is 5.01. The van der Waals surface area contributed by atoms with E-state index in [1.54, 1.807) is 21.3 Å². The maximum absolute atomic E-state index is 12.7. The standard InChI is InChI=1S/C27H38N4O4/c1-9-18-11-23-24(17(5)13-31(23)19(14-33-7)15-34-8)30-25(18)20-12-21(26(32)28-6)27(35-16(3)4)29-22(20)10-2/h11-13,16,19H,9-10,14-15H2,1-8H3,(H,28,32). The Morgan fingerprint density at radius 3 is 2.31 bits per heavy atom. The summed E-state index contributed by atoms with van der Waals surface area (Å²) < 4.78 is 19.0. The Labute approximate surface area is 208 Å². The van der Waals surface area contributed by atoms with E-state index < -0.39 is 0 Å². The first-order valence-corrected chi connectivity index (χ1v) is 12.2. The highest BCUT2D eigenvalue weighted by molar-refractivity contribution is 5.98. The molecule has 1 amide bonds. The molecule has 3 heterocycles. The third-order valence-electron chi connectivity index (χ3n) is 6.03. The Bertz CT molecular complexity index is 1180. The molecule has 0 bridgehead atoms. The summed E-state index contributed by atoms with van der Waals surface area (Å²) in [5.74, 6) is 0.115. The number of aromatic nitrogens is 3. The van der Waals surface area contributed by atoms with Crippen LogP contribution in [-0.4, -0.2) is 61.0 Å². The second-order valence-corrected chi connectivity index (χ2v) is 8.94. The van der Waals surface area contributed by atoms with E-state index in [9.17, 15) is 4.79 Å². The normalized spacial score (nSPS) is 11.6. The first-order valence-electron chi connectivity index (χ1n) is 12.2.